The number of Topliss-reactive ketones (excluding diaryl/α,β-unsaturated/α-hetero) is 1. The zero-order valence-electron chi connectivity index (χ0n) is 14.2. The molecule has 25 heavy (non-hydrogen) atoms. The first-order chi connectivity index (χ1) is 12.1. The average molecular weight is 342 g/mol. The van der Waals surface area contributed by atoms with Crippen molar-refractivity contribution in [2.75, 3.05) is 13.2 Å². The number of allylic oxidation sites excluding steroid dienone is 2. The number of fused-ring (bicyclic) bond motifs is 2. The summed E-state index contributed by atoms with van der Waals surface area (Å²) in [5.74, 6) is -2.11. The van der Waals surface area contributed by atoms with Crippen LogP contribution in [0.1, 0.15) is 30.1 Å². The maximum Gasteiger partial charge on any atom is 0.310 e. The largest absolute Gasteiger partial charge is 0.465 e. The Bertz CT molecular complexity index is 679. The minimum atomic E-state index is -0.553. The molecule has 2 aliphatic carbocycles. The van der Waals surface area contributed by atoms with E-state index in [1.54, 1.807) is 24.3 Å². The quantitative estimate of drug-likeness (QED) is 0.433. The van der Waals surface area contributed by atoms with Gasteiger partial charge in [0.25, 0.3) is 0 Å². The zero-order valence-corrected chi connectivity index (χ0v) is 14.2. The van der Waals surface area contributed by atoms with Crippen LogP contribution in [0.2, 0.25) is 0 Å². The second kappa shape index (κ2) is 7.64. The molecule has 0 spiro atoms. The van der Waals surface area contributed by atoms with Gasteiger partial charge in [-0.05, 0) is 24.7 Å². The van der Waals surface area contributed by atoms with Gasteiger partial charge in [0, 0.05) is 5.56 Å². The van der Waals surface area contributed by atoms with Crippen molar-refractivity contribution < 1.29 is 23.9 Å². The van der Waals surface area contributed by atoms with Crippen molar-refractivity contribution in [3.63, 3.8) is 0 Å². The minimum Gasteiger partial charge on any atom is -0.465 e. The zero-order chi connectivity index (χ0) is 17.8. The van der Waals surface area contributed by atoms with Crippen molar-refractivity contribution in [3.05, 3.63) is 48.0 Å². The Morgan fingerprint density at radius 2 is 1.56 bits per heavy atom. The van der Waals surface area contributed by atoms with Crippen molar-refractivity contribution in [1.82, 2.24) is 0 Å². The third kappa shape index (κ3) is 3.65. The third-order valence-corrected chi connectivity index (χ3v) is 4.89. The first-order valence-corrected chi connectivity index (χ1v) is 8.71. The Morgan fingerprint density at radius 1 is 0.960 bits per heavy atom. The van der Waals surface area contributed by atoms with Crippen LogP contribution < -0.4 is 0 Å². The molecule has 0 aliphatic heterocycles. The molecule has 0 saturated heterocycles. The molecule has 0 unspecified atom stereocenters. The number of ether oxygens (including phenoxy) is 2. The van der Waals surface area contributed by atoms with Crippen molar-refractivity contribution in [2.45, 2.75) is 19.8 Å². The maximum absolute atomic E-state index is 12.5. The summed E-state index contributed by atoms with van der Waals surface area (Å²) in [5, 5.41) is 0. The predicted octanol–water partition coefficient (Wildman–Crippen LogP) is 2.80. The SMILES string of the molecule is CCCOC(=O)[C@@H]1[C@H](C(=O)OCC(=O)c2ccccc2)[C@H]2C=C[C@H]1C2. The maximum atomic E-state index is 12.5. The lowest BCUT2D eigenvalue weighted by Gasteiger charge is -2.24. The number of ketones is 1. The molecule has 3 rings (SSSR count). The summed E-state index contributed by atoms with van der Waals surface area (Å²) in [6, 6.07) is 8.70. The summed E-state index contributed by atoms with van der Waals surface area (Å²) in [7, 11) is 0. The van der Waals surface area contributed by atoms with E-state index in [4.69, 9.17) is 9.47 Å². The highest BCUT2D eigenvalue weighted by atomic mass is 16.5. The fourth-order valence-corrected chi connectivity index (χ4v) is 3.70. The summed E-state index contributed by atoms with van der Waals surface area (Å²) in [4.78, 5) is 37.0. The normalized spacial score (nSPS) is 26.4. The molecule has 1 saturated carbocycles. The summed E-state index contributed by atoms with van der Waals surface area (Å²) in [6.07, 6.45) is 5.46. The highest BCUT2D eigenvalue weighted by Crippen LogP contribution is 2.49. The summed E-state index contributed by atoms with van der Waals surface area (Å²) in [5.41, 5.74) is 0.502. The van der Waals surface area contributed by atoms with E-state index in [-0.39, 0.29) is 30.2 Å². The molecule has 5 nitrogen and oxygen atoms in total. The van der Waals surface area contributed by atoms with E-state index in [1.807, 2.05) is 25.1 Å². The Hall–Kier alpha value is -2.43. The van der Waals surface area contributed by atoms with Crippen LogP contribution in [-0.4, -0.2) is 30.9 Å². The van der Waals surface area contributed by atoms with E-state index in [1.165, 1.54) is 0 Å². The predicted molar refractivity (Wildman–Crippen MR) is 90.7 cm³/mol. The molecule has 5 heteroatoms. The number of carbonyl (C=O) groups excluding carboxylic acids is 3. The minimum absolute atomic E-state index is 0.0106. The molecular formula is C20H22O5. The summed E-state index contributed by atoms with van der Waals surface area (Å²) < 4.78 is 10.5. The lowest BCUT2D eigenvalue weighted by atomic mass is 9.83. The van der Waals surface area contributed by atoms with E-state index in [0.29, 0.717) is 12.2 Å². The Kier molecular flexibility index (Phi) is 5.31. The van der Waals surface area contributed by atoms with E-state index in [2.05, 4.69) is 0 Å². The van der Waals surface area contributed by atoms with Gasteiger partial charge in [-0.3, -0.25) is 14.4 Å². The molecule has 1 aromatic rings. The van der Waals surface area contributed by atoms with Crippen LogP contribution in [0.25, 0.3) is 0 Å². The van der Waals surface area contributed by atoms with Gasteiger partial charge < -0.3 is 9.47 Å². The lowest BCUT2D eigenvalue weighted by Crippen LogP contribution is -2.36. The molecule has 2 aliphatic rings. The van der Waals surface area contributed by atoms with Gasteiger partial charge in [0.15, 0.2) is 12.4 Å². The lowest BCUT2D eigenvalue weighted by molar-refractivity contribution is -0.160. The van der Waals surface area contributed by atoms with Gasteiger partial charge in [-0.2, -0.15) is 0 Å². The van der Waals surface area contributed by atoms with Crippen LogP contribution in [0.4, 0.5) is 0 Å². The van der Waals surface area contributed by atoms with Gasteiger partial charge in [0.1, 0.15) is 0 Å². The molecule has 0 aromatic heterocycles. The van der Waals surface area contributed by atoms with Crippen molar-refractivity contribution in [3.8, 4) is 0 Å². The van der Waals surface area contributed by atoms with E-state index >= 15 is 0 Å². The fraction of sp³-hybridized carbons (Fsp3) is 0.450. The molecule has 1 fully saturated rings. The second-order valence-corrected chi connectivity index (χ2v) is 6.56. The van der Waals surface area contributed by atoms with Crippen molar-refractivity contribution >= 4 is 17.7 Å². The van der Waals surface area contributed by atoms with Gasteiger partial charge in [-0.25, -0.2) is 0 Å². The van der Waals surface area contributed by atoms with Gasteiger partial charge in [0.2, 0.25) is 0 Å². The van der Waals surface area contributed by atoms with Crippen molar-refractivity contribution in [1.29, 1.82) is 0 Å². The van der Waals surface area contributed by atoms with Crippen LogP contribution in [0.3, 0.4) is 0 Å². The van der Waals surface area contributed by atoms with Gasteiger partial charge in [-0.15, -0.1) is 0 Å². The monoisotopic (exact) mass is 342 g/mol. The first kappa shape index (κ1) is 17.4. The Balaban J connectivity index is 1.63. The Morgan fingerprint density at radius 3 is 2.16 bits per heavy atom. The summed E-state index contributed by atoms with van der Waals surface area (Å²) in [6.45, 7) is 1.97. The second-order valence-electron chi connectivity index (χ2n) is 6.56. The number of benzene rings is 1. The topological polar surface area (TPSA) is 69.7 Å². The van der Waals surface area contributed by atoms with Crippen LogP contribution >= 0.6 is 0 Å². The highest BCUT2D eigenvalue weighted by Gasteiger charge is 2.53. The average Bonchev–Trinajstić information content (AvgIpc) is 3.26. The molecule has 1 aromatic carbocycles. The highest BCUT2D eigenvalue weighted by molar-refractivity contribution is 5.98. The van der Waals surface area contributed by atoms with E-state index < -0.39 is 17.8 Å². The first-order valence-electron chi connectivity index (χ1n) is 8.71. The number of esters is 2. The summed E-state index contributed by atoms with van der Waals surface area (Å²) >= 11 is 0. The van der Waals surface area contributed by atoms with Crippen LogP contribution in [0.5, 0.6) is 0 Å². The van der Waals surface area contributed by atoms with Crippen LogP contribution in [0.15, 0.2) is 42.5 Å². The molecule has 0 amide bonds. The standard InChI is InChI=1S/C20H22O5/c1-2-10-24-19(22)17-14-8-9-15(11-14)18(17)20(23)25-12-16(21)13-6-4-3-5-7-13/h3-9,14-15,17-18H,2,10-12H2,1H3/t14-,15-,17-,18+/m0/s1. The van der Waals surface area contributed by atoms with Gasteiger partial charge in [0.05, 0.1) is 18.4 Å². The molecule has 132 valence electrons. The number of hydrogen-bond acceptors (Lipinski definition) is 5. The van der Waals surface area contributed by atoms with Gasteiger partial charge in [-0.1, -0.05) is 49.4 Å². The molecule has 4 atom stereocenters. The van der Waals surface area contributed by atoms with E-state index in [0.717, 1.165) is 12.8 Å². The van der Waals surface area contributed by atoms with Crippen molar-refractivity contribution in [2.24, 2.45) is 23.7 Å². The van der Waals surface area contributed by atoms with Gasteiger partial charge >= 0.3 is 11.9 Å². The molecule has 0 radical (unpaired) electrons. The number of carbonyl (C=O) groups is 3. The smallest absolute Gasteiger partial charge is 0.310 e. The number of hydrogen-bond donors (Lipinski definition) is 0. The van der Waals surface area contributed by atoms with E-state index in [9.17, 15) is 14.4 Å². The van der Waals surface area contributed by atoms with Crippen LogP contribution in [-0.2, 0) is 19.1 Å². The number of rotatable bonds is 7. The molecule has 2 bridgehead atoms. The van der Waals surface area contributed by atoms with Crippen LogP contribution in [0, 0.1) is 23.7 Å². The fourth-order valence-electron chi connectivity index (χ4n) is 3.70. The third-order valence-electron chi connectivity index (χ3n) is 4.89. The Labute approximate surface area is 147 Å². The molecular weight excluding hydrogens is 320 g/mol. The molecule has 0 heterocycles. The molecule has 0 N–H and O–H groups in total.